The van der Waals surface area contributed by atoms with Gasteiger partial charge in [-0.1, -0.05) is 23.8 Å². The Bertz CT molecular complexity index is 344. The Labute approximate surface area is 95.2 Å². The van der Waals surface area contributed by atoms with Crippen LogP contribution in [0.15, 0.2) is 22.8 Å². The van der Waals surface area contributed by atoms with Crippen molar-refractivity contribution in [2.45, 2.75) is 6.10 Å². The highest BCUT2D eigenvalue weighted by Gasteiger charge is 2.00. The second-order valence-corrected chi connectivity index (χ2v) is 3.92. The molecule has 0 bridgehead atoms. The molecule has 14 heavy (non-hydrogen) atoms. The number of halogens is 2. The number of aliphatic hydroxyl groups is 2. The summed E-state index contributed by atoms with van der Waals surface area (Å²) in [6.07, 6.45) is 3.78. The van der Waals surface area contributed by atoms with Gasteiger partial charge >= 0.3 is 0 Å². The summed E-state index contributed by atoms with van der Waals surface area (Å²) < 4.78 is 0.806. The Kier molecular flexibility index (Phi) is 4.54. The van der Waals surface area contributed by atoms with Gasteiger partial charge in [-0.25, -0.2) is 4.98 Å². The number of pyridine rings is 1. The van der Waals surface area contributed by atoms with Crippen molar-refractivity contribution in [3.63, 3.8) is 0 Å². The van der Waals surface area contributed by atoms with Gasteiger partial charge in [0, 0.05) is 16.2 Å². The molecule has 0 aliphatic carbocycles. The molecule has 0 aromatic carbocycles. The van der Waals surface area contributed by atoms with E-state index in [0.29, 0.717) is 10.7 Å². The standard InChI is InChI=1S/C9H9BrClNO2/c10-7-3-6(9(11)12-4-7)1-2-8(14)5-13/h1-4,8,13-14H,5H2/b2-1+. The van der Waals surface area contributed by atoms with Gasteiger partial charge in [0.25, 0.3) is 0 Å². The van der Waals surface area contributed by atoms with Gasteiger partial charge in [0.1, 0.15) is 5.15 Å². The fourth-order valence-electron chi connectivity index (χ4n) is 0.831. The second-order valence-electron chi connectivity index (χ2n) is 2.64. The Morgan fingerprint density at radius 1 is 1.64 bits per heavy atom. The van der Waals surface area contributed by atoms with Gasteiger partial charge in [0.2, 0.25) is 0 Å². The molecule has 2 N–H and O–H groups in total. The summed E-state index contributed by atoms with van der Waals surface area (Å²) in [5, 5.41) is 18.0. The van der Waals surface area contributed by atoms with Gasteiger partial charge in [-0.05, 0) is 22.0 Å². The monoisotopic (exact) mass is 277 g/mol. The minimum atomic E-state index is -0.870. The first kappa shape index (κ1) is 11.7. The summed E-state index contributed by atoms with van der Waals surface area (Å²) in [4.78, 5) is 3.91. The van der Waals surface area contributed by atoms with Crippen molar-refractivity contribution in [3.8, 4) is 0 Å². The summed E-state index contributed by atoms with van der Waals surface area (Å²) in [6, 6.07) is 1.77. The van der Waals surface area contributed by atoms with Crippen molar-refractivity contribution in [2.24, 2.45) is 0 Å². The molecule has 0 saturated carbocycles. The third kappa shape index (κ3) is 3.38. The molecular weight excluding hydrogens is 269 g/mol. The van der Waals surface area contributed by atoms with E-state index >= 15 is 0 Å². The van der Waals surface area contributed by atoms with Gasteiger partial charge in [-0.2, -0.15) is 0 Å². The van der Waals surface area contributed by atoms with Crippen molar-refractivity contribution in [3.05, 3.63) is 33.5 Å². The zero-order chi connectivity index (χ0) is 10.6. The number of hydrogen-bond donors (Lipinski definition) is 2. The molecule has 1 unspecified atom stereocenters. The highest BCUT2D eigenvalue weighted by Crippen LogP contribution is 2.19. The van der Waals surface area contributed by atoms with Crippen LogP contribution in [0.4, 0.5) is 0 Å². The normalized spacial score (nSPS) is 13.4. The van der Waals surface area contributed by atoms with E-state index in [4.69, 9.17) is 21.8 Å². The van der Waals surface area contributed by atoms with E-state index < -0.39 is 6.10 Å². The molecule has 1 rings (SSSR count). The lowest BCUT2D eigenvalue weighted by atomic mass is 10.2. The highest BCUT2D eigenvalue weighted by atomic mass is 79.9. The maximum Gasteiger partial charge on any atom is 0.136 e. The van der Waals surface area contributed by atoms with E-state index in [1.54, 1.807) is 18.3 Å². The number of rotatable bonds is 3. The van der Waals surface area contributed by atoms with Crippen LogP contribution >= 0.6 is 27.5 Å². The zero-order valence-corrected chi connectivity index (χ0v) is 9.53. The van der Waals surface area contributed by atoms with E-state index in [9.17, 15) is 0 Å². The molecule has 0 amide bonds. The molecular formula is C9H9BrClNO2. The molecule has 0 aliphatic rings. The Hall–Kier alpha value is -0.420. The molecule has 1 atom stereocenters. The van der Waals surface area contributed by atoms with Crippen molar-refractivity contribution >= 4 is 33.6 Å². The van der Waals surface area contributed by atoms with Crippen LogP contribution in [-0.2, 0) is 0 Å². The predicted octanol–water partition coefficient (Wildman–Crippen LogP) is 1.86. The van der Waals surface area contributed by atoms with Crippen LogP contribution in [0, 0.1) is 0 Å². The number of nitrogens with zero attached hydrogens (tertiary/aromatic N) is 1. The first-order chi connectivity index (χ1) is 6.63. The molecule has 5 heteroatoms. The molecule has 1 heterocycles. The maximum atomic E-state index is 9.07. The van der Waals surface area contributed by atoms with Crippen LogP contribution in [0.5, 0.6) is 0 Å². The van der Waals surface area contributed by atoms with Crippen molar-refractivity contribution in [1.29, 1.82) is 0 Å². The van der Waals surface area contributed by atoms with E-state index in [-0.39, 0.29) is 6.61 Å². The van der Waals surface area contributed by atoms with Crippen LogP contribution in [-0.4, -0.2) is 27.9 Å². The van der Waals surface area contributed by atoms with E-state index in [2.05, 4.69) is 20.9 Å². The average Bonchev–Trinajstić information content (AvgIpc) is 2.19. The van der Waals surface area contributed by atoms with Crippen LogP contribution < -0.4 is 0 Å². The first-order valence-electron chi connectivity index (χ1n) is 3.91. The summed E-state index contributed by atoms with van der Waals surface area (Å²) in [7, 11) is 0. The number of hydrogen-bond acceptors (Lipinski definition) is 3. The topological polar surface area (TPSA) is 53.4 Å². The molecule has 0 radical (unpaired) electrons. The average molecular weight is 279 g/mol. The third-order valence-corrected chi connectivity index (χ3v) is 2.27. The molecule has 3 nitrogen and oxygen atoms in total. The van der Waals surface area contributed by atoms with E-state index in [1.807, 2.05) is 0 Å². The molecule has 0 saturated heterocycles. The van der Waals surface area contributed by atoms with E-state index in [1.165, 1.54) is 6.08 Å². The molecule has 0 spiro atoms. The fraction of sp³-hybridized carbons (Fsp3) is 0.222. The van der Waals surface area contributed by atoms with E-state index in [0.717, 1.165) is 4.47 Å². The quantitative estimate of drug-likeness (QED) is 0.830. The summed E-state index contributed by atoms with van der Waals surface area (Å²) in [6.45, 7) is -0.310. The van der Waals surface area contributed by atoms with Crippen LogP contribution in [0.3, 0.4) is 0 Å². The van der Waals surface area contributed by atoms with Crippen molar-refractivity contribution < 1.29 is 10.2 Å². The zero-order valence-electron chi connectivity index (χ0n) is 7.19. The van der Waals surface area contributed by atoms with Crippen LogP contribution in [0.1, 0.15) is 5.56 Å². The highest BCUT2D eigenvalue weighted by molar-refractivity contribution is 9.10. The first-order valence-corrected chi connectivity index (χ1v) is 5.08. The van der Waals surface area contributed by atoms with Gasteiger partial charge < -0.3 is 10.2 Å². The number of aromatic nitrogens is 1. The summed E-state index contributed by atoms with van der Waals surface area (Å²) in [5.41, 5.74) is 0.688. The Balaban J connectivity index is 2.85. The molecule has 1 aromatic heterocycles. The van der Waals surface area contributed by atoms with Crippen molar-refractivity contribution in [2.75, 3.05) is 6.61 Å². The van der Waals surface area contributed by atoms with Crippen molar-refractivity contribution in [1.82, 2.24) is 4.98 Å². The third-order valence-electron chi connectivity index (χ3n) is 1.52. The largest absolute Gasteiger partial charge is 0.393 e. The minimum Gasteiger partial charge on any atom is -0.393 e. The SMILES string of the molecule is OCC(O)/C=C/c1cc(Br)cnc1Cl. The molecule has 0 aliphatic heterocycles. The summed E-state index contributed by atoms with van der Waals surface area (Å²) >= 11 is 9.05. The second kappa shape index (κ2) is 5.46. The van der Waals surface area contributed by atoms with Crippen LogP contribution in [0.2, 0.25) is 5.15 Å². The van der Waals surface area contributed by atoms with Gasteiger partial charge in [-0.15, -0.1) is 0 Å². The lowest BCUT2D eigenvalue weighted by molar-refractivity contribution is 0.131. The lowest BCUT2D eigenvalue weighted by Crippen LogP contribution is -2.06. The van der Waals surface area contributed by atoms with Gasteiger partial charge in [0.05, 0.1) is 12.7 Å². The molecule has 1 aromatic rings. The van der Waals surface area contributed by atoms with Gasteiger partial charge in [-0.3, -0.25) is 0 Å². The predicted molar refractivity (Wildman–Crippen MR) is 59.1 cm³/mol. The minimum absolute atomic E-state index is 0.310. The Morgan fingerprint density at radius 3 is 3.00 bits per heavy atom. The molecule has 76 valence electrons. The lowest BCUT2D eigenvalue weighted by Gasteiger charge is -2.00. The Morgan fingerprint density at radius 2 is 2.36 bits per heavy atom. The fourth-order valence-corrected chi connectivity index (χ4v) is 1.35. The molecule has 0 fully saturated rings. The summed E-state index contributed by atoms with van der Waals surface area (Å²) in [5.74, 6) is 0. The number of aliphatic hydroxyl groups excluding tert-OH is 2. The smallest absolute Gasteiger partial charge is 0.136 e. The maximum absolute atomic E-state index is 9.07. The van der Waals surface area contributed by atoms with Crippen LogP contribution in [0.25, 0.3) is 6.08 Å². The van der Waals surface area contributed by atoms with Gasteiger partial charge in [0.15, 0.2) is 0 Å².